The molecule has 0 aromatic carbocycles. The molecular weight excluding hydrogens is 360 g/mol. The molecule has 0 radical (unpaired) electrons. The zero-order valence-electron chi connectivity index (χ0n) is 17.3. The summed E-state index contributed by atoms with van der Waals surface area (Å²) in [7, 11) is 0. The topological polar surface area (TPSA) is 148 Å². The molecule has 1 rings (SSSR count). The Balaban J connectivity index is 2.83. The van der Waals surface area contributed by atoms with Crippen molar-refractivity contribution in [2.75, 3.05) is 13.1 Å². The van der Waals surface area contributed by atoms with Crippen molar-refractivity contribution < 1.29 is 19.5 Å². The molecule has 0 heterocycles. The van der Waals surface area contributed by atoms with Crippen LogP contribution in [-0.4, -0.2) is 54.0 Å². The van der Waals surface area contributed by atoms with E-state index in [0.29, 0.717) is 19.4 Å². The fraction of sp³-hybridized carbons (Fsp3) is 0.850. The van der Waals surface area contributed by atoms with Crippen LogP contribution >= 0.6 is 0 Å². The van der Waals surface area contributed by atoms with E-state index in [9.17, 15) is 19.5 Å². The van der Waals surface area contributed by atoms with Crippen molar-refractivity contribution in [3.63, 3.8) is 0 Å². The van der Waals surface area contributed by atoms with Gasteiger partial charge in [-0.25, -0.2) is 0 Å². The molecule has 8 nitrogen and oxygen atoms in total. The molecule has 0 saturated heterocycles. The summed E-state index contributed by atoms with van der Waals surface area (Å²) in [6.45, 7) is 3.81. The maximum atomic E-state index is 12.9. The van der Waals surface area contributed by atoms with Crippen molar-refractivity contribution in [2.24, 2.45) is 23.3 Å². The molecule has 28 heavy (non-hydrogen) atoms. The van der Waals surface area contributed by atoms with Gasteiger partial charge < -0.3 is 27.2 Å². The second-order valence-electron chi connectivity index (χ2n) is 7.77. The van der Waals surface area contributed by atoms with Gasteiger partial charge in [0.1, 0.15) is 6.04 Å². The van der Waals surface area contributed by atoms with Gasteiger partial charge in [0.15, 0.2) is 5.78 Å². The molecule has 0 aliphatic heterocycles. The van der Waals surface area contributed by atoms with E-state index in [0.717, 1.165) is 25.7 Å². The second kappa shape index (κ2) is 12.9. The van der Waals surface area contributed by atoms with Crippen molar-refractivity contribution in [1.29, 1.82) is 0 Å². The van der Waals surface area contributed by atoms with E-state index in [1.54, 1.807) is 6.92 Å². The van der Waals surface area contributed by atoms with Crippen molar-refractivity contribution in [3.05, 3.63) is 0 Å². The Kier molecular flexibility index (Phi) is 11.3. The maximum Gasteiger partial charge on any atom is 0.245 e. The number of aliphatic hydroxyl groups excluding tert-OH is 1. The largest absolute Gasteiger partial charge is 0.391 e. The van der Waals surface area contributed by atoms with Gasteiger partial charge >= 0.3 is 0 Å². The van der Waals surface area contributed by atoms with Crippen LogP contribution in [0.4, 0.5) is 0 Å². The Morgan fingerprint density at radius 1 is 1.00 bits per heavy atom. The minimum absolute atomic E-state index is 0.127. The summed E-state index contributed by atoms with van der Waals surface area (Å²) < 4.78 is 0. The molecule has 8 heteroatoms. The number of ketones is 1. The molecule has 0 spiro atoms. The van der Waals surface area contributed by atoms with E-state index in [2.05, 4.69) is 10.6 Å². The molecule has 0 aromatic heterocycles. The van der Waals surface area contributed by atoms with Crippen molar-refractivity contribution in [3.8, 4) is 0 Å². The molecule has 0 bridgehead atoms. The molecule has 1 aliphatic carbocycles. The van der Waals surface area contributed by atoms with Crippen molar-refractivity contribution in [2.45, 2.75) is 83.4 Å². The molecule has 162 valence electrons. The van der Waals surface area contributed by atoms with Crippen LogP contribution in [0.2, 0.25) is 0 Å². The number of aliphatic hydroxyl groups is 1. The monoisotopic (exact) mass is 398 g/mol. The summed E-state index contributed by atoms with van der Waals surface area (Å²) in [4.78, 5) is 37.6. The van der Waals surface area contributed by atoms with Gasteiger partial charge in [-0.15, -0.1) is 0 Å². The first-order valence-electron chi connectivity index (χ1n) is 10.6. The van der Waals surface area contributed by atoms with E-state index in [1.807, 2.05) is 0 Å². The van der Waals surface area contributed by atoms with E-state index >= 15 is 0 Å². The zero-order valence-corrected chi connectivity index (χ0v) is 17.3. The first-order valence-corrected chi connectivity index (χ1v) is 10.6. The summed E-state index contributed by atoms with van der Waals surface area (Å²) in [6, 6.07) is -1.83. The van der Waals surface area contributed by atoms with Gasteiger partial charge in [0.05, 0.1) is 12.1 Å². The lowest BCUT2D eigenvalue weighted by atomic mass is 9.78. The summed E-state index contributed by atoms with van der Waals surface area (Å²) >= 11 is 0. The molecule has 0 aromatic rings. The first kappa shape index (κ1) is 24.5. The van der Waals surface area contributed by atoms with Crippen LogP contribution in [0.5, 0.6) is 0 Å². The van der Waals surface area contributed by atoms with Crippen LogP contribution in [-0.2, 0) is 14.4 Å². The number of nitrogens with one attached hydrogen (secondary N) is 2. The molecule has 4 atom stereocenters. The molecule has 1 aliphatic rings. The molecule has 1 saturated carbocycles. The van der Waals surface area contributed by atoms with Crippen molar-refractivity contribution in [1.82, 2.24) is 10.6 Å². The third-order valence-electron chi connectivity index (χ3n) is 5.60. The number of nitrogens with two attached hydrogens (primary N) is 2. The van der Waals surface area contributed by atoms with E-state index in [4.69, 9.17) is 11.5 Å². The lowest BCUT2D eigenvalue weighted by Gasteiger charge is -2.31. The Morgan fingerprint density at radius 3 is 2.11 bits per heavy atom. The maximum absolute atomic E-state index is 12.9. The Labute approximate surface area is 168 Å². The zero-order chi connectivity index (χ0) is 21.1. The molecule has 7 N–H and O–H groups in total. The fourth-order valence-corrected chi connectivity index (χ4v) is 3.95. The van der Waals surface area contributed by atoms with Gasteiger partial charge in [0, 0.05) is 12.3 Å². The van der Waals surface area contributed by atoms with E-state index in [1.165, 1.54) is 13.3 Å². The van der Waals surface area contributed by atoms with Gasteiger partial charge in [-0.3, -0.25) is 14.4 Å². The lowest BCUT2D eigenvalue weighted by Crippen LogP contribution is -2.57. The minimum Gasteiger partial charge on any atom is -0.391 e. The van der Waals surface area contributed by atoms with Crippen LogP contribution in [0.1, 0.15) is 65.2 Å². The third kappa shape index (κ3) is 7.48. The highest BCUT2D eigenvalue weighted by atomic mass is 16.3. The molecule has 2 amide bonds. The van der Waals surface area contributed by atoms with Crippen LogP contribution in [0.15, 0.2) is 0 Å². The normalized spacial score (nSPS) is 19.3. The van der Waals surface area contributed by atoms with Crippen LogP contribution < -0.4 is 22.1 Å². The van der Waals surface area contributed by atoms with E-state index < -0.39 is 24.1 Å². The predicted molar refractivity (Wildman–Crippen MR) is 108 cm³/mol. The number of carbonyl (C=O) groups excluding carboxylic acids is 3. The van der Waals surface area contributed by atoms with Crippen LogP contribution in [0, 0.1) is 11.8 Å². The fourth-order valence-electron chi connectivity index (χ4n) is 3.95. The average Bonchev–Trinajstić information content (AvgIpc) is 2.69. The van der Waals surface area contributed by atoms with E-state index in [-0.39, 0.29) is 36.5 Å². The Bertz CT molecular complexity index is 506. The summed E-state index contributed by atoms with van der Waals surface area (Å²) in [6.07, 6.45) is 5.38. The molecular formula is C20H38N4O4. The minimum atomic E-state index is -1.12. The highest BCUT2D eigenvalue weighted by molar-refractivity contribution is 5.93. The molecule has 2 unspecified atom stereocenters. The van der Waals surface area contributed by atoms with Gasteiger partial charge in [0.2, 0.25) is 11.8 Å². The summed E-state index contributed by atoms with van der Waals surface area (Å²) in [5.41, 5.74) is 11.2. The highest BCUT2D eigenvalue weighted by Gasteiger charge is 2.34. The quantitative estimate of drug-likeness (QED) is 0.317. The summed E-state index contributed by atoms with van der Waals surface area (Å²) in [5, 5.41) is 15.4. The standard InChI is InChI=1S/C20H38N4O4/c1-3-17(26)16(10-12-22)23-20(28)18(13(2)25)24-19(27)15(9-11-21)14-7-5-4-6-8-14/h13-16,18,25H,3-12,21-22H2,1-2H3,(H,23,28)(H,24,27)/t13?,15?,16-,18-/m0/s1. The van der Waals surface area contributed by atoms with Gasteiger partial charge in [0.25, 0.3) is 0 Å². The van der Waals surface area contributed by atoms with Gasteiger partial charge in [-0.05, 0) is 51.6 Å². The van der Waals surface area contributed by atoms with Gasteiger partial charge in [-0.1, -0.05) is 26.2 Å². The number of hydrogen-bond acceptors (Lipinski definition) is 6. The summed E-state index contributed by atoms with van der Waals surface area (Å²) in [5.74, 6) is -0.967. The predicted octanol–water partition coefficient (Wildman–Crippen LogP) is 0.210. The van der Waals surface area contributed by atoms with Crippen LogP contribution in [0.3, 0.4) is 0 Å². The van der Waals surface area contributed by atoms with Gasteiger partial charge in [-0.2, -0.15) is 0 Å². The SMILES string of the molecule is CCC(=O)[C@H](CCN)NC(=O)[C@@H](NC(=O)C(CCN)C1CCCCC1)C(C)O. The Hall–Kier alpha value is -1.51. The average molecular weight is 399 g/mol. The number of amides is 2. The molecule has 1 fully saturated rings. The third-order valence-corrected chi connectivity index (χ3v) is 5.60. The second-order valence-corrected chi connectivity index (χ2v) is 7.77. The Morgan fingerprint density at radius 2 is 1.61 bits per heavy atom. The number of carbonyl (C=O) groups is 3. The highest BCUT2D eigenvalue weighted by Crippen LogP contribution is 2.31. The van der Waals surface area contributed by atoms with Crippen molar-refractivity contribution >= 4 is 17.6 Å². The lowest BCUT2D eigenvalue weighted by molar-refractivity contribution is -0.136. The number of Topliss-reactive ketones (excluding diaryl/α,β-unsaturated/α-hetero) is 1. The number of rotatable bonds is 12. The smallest absolute Gasteiger partial charge is 0.245 e. The van der Waals surface area contributed by atoms with Crippen LogP contribution in [0.25, 0.3) is 0 Å². The number of hydrogen-bond donors (Lipinski definition) is 5. The first-order chi connectivity index (χ1) is 13.3.